The van der Waals surface area contributed by atoms with Gasteiger partial charge in [-0.2, -0.15) is 26.3 Å². The van der Waals surface area contributed by atoms with Gasteiger partial charge in [-0.1, -0.05) is 0 Å². The number of halogens is 6. The summed E-state index contributed by atoms with van der Waals surface area (Å²) >= 11 is 0. The summed E-state index contributed by atoms with van der Waals surface area (Å²) in [7, 11) is -4.06. The van der Waals surface area contributed by atoms with E-state index < -0.39 is 55.2 Å². The predicted molar refractivity (Wildman–Crippen MR) is 94.2 cm³/mol. The van der Waals surface area contributed by atoms with E-state index in [0.717, 1.165) is 6.07 Å². The van der Waals surface area contributed by atoms with E-state index in [4.69, 9.17) is 0 Å². The lowest BCUT2D eigenvalue weighted by atomic mass is 9.39. The van der Waals surface area contributed by atoms with E-state index in [9.17, 15) is 39.6 Å². The third kappa shape index (κ3) is 3.14. The molecule has 0 atom stereocenters. The van der Waals surface area contributed by atoms with E-state index in [2.05, 4.69) is 10.0 Å². The molecule has 4 fully saturated rings. The molecule has 0 heterocycles. The summed E-state index contributed by atoms with van der Waals surface area (Å²) in [6.45, 7) is 1.43. The van der Waals surface area contributed by atoms with Gasteiger partial charge in [0.2, 0.25) is 10.0 Å². The summed E-state index contributed by atoms with van der Waals surface area (Å²) in [5.41, 5.74) is -4.95. The fourth-order valence-corrected chi connectivity index (χ4v) is 5.59. The van der Waals surface area contributed by atoms with Gasteiger partial charge in [0, 0.05) is 5.54 Å². The van der Waals surface area contributed by atoms with Crippen molar-refractivity contribution in [2.24, 2.45) is 5.41 Å². The molecule has 1 amide bonds. The lowest BCUT2D eigenvalue weighted by Crippen LogP contribution is -2.78. The van der Waals surface area contributed by atoms with Gasteiger partial charge in [-0.25, -0.2) is 8.42 Å². The Labute approximate surface area is 168 Å². The molecule has 5 nitrogen and oxygen atoms in total. The fraction of sp³-hybridized carbons (Fsp3) is 0.611. The minimum atomic E-state index is -4.77. The predicted octanol–water partition coefficient (Wildman–Crippen LogP) is 4.21. The molecule has 166 valence electrons. The molecule has 0 unspecified atom stereocenters. The van der Waals surface area contributed by atoms with Crippen LogP contribution in [-0.4, -0.2) is 30.8 Å². The van der Waals surface area contributed by atoms with E-state index in [1.54, 1.807) is 0 Å². The molecule has 0 radical (unpaired) electrons. The largest absolute Gasteiger partial charge is 0.416 e. The highest BCUT2D eigenvalue weighted by Crippen LogP contribution is 2.73. The van der Waals surface area contributed by atoms with Crippen LogP contribution < -0.4 is 10.0 Å². The van der Waals surface area contributed by atoms with Crippen LogP contribution in [0, 0.1) is 5.41 Å². The van der Waals surface area contributed by atoms with Gasteiger partial charge in [0.1, 0.15) is 0 Å². The second-order valence-corrected chi connectivity index (χ2v) is 11.1. The average molecular weight is 456 g/mol. The molecule has 4 aliphatic carbocycles. The molecule has 12 heteroatoms. The Morgan fingerprint density at radius 1 is 1.03 bits per heavy atom. The van der Waals surface area contributed by atoms with Crippen molar-refractivity contribution in [3.63, 3.8) is 0 Å². The third-order valence-corrected chi connectivity index (χ3v) is 8.64. The van der Waals surface area contributed by atoms with Gasteiger partial charge in [-0.3, -0.25) is 9.52 Å². The van der Waals surface area contributed by atoms with E-state index in [1.807, 2.05) is 0 Å². The molecule has 2 N–H and O–H groups in total. The SMILES string of the molecule is CC1(S(=O)(=O)Nc2cc(C(F)(F)F)ccc2C(=O)NC23CC(C(F)(F)F)(C2)C3)CC1. The molecule has 0 aromatic heterocycles. The number of anilines is 1. The summed E-state index contributed by atoms with van der Waals surface area (Å²) in [5, 5.41) is 2.46. The van der Waals surface area contributed by atoms with Crippen molar-refractivity contribution in [2.45, 2.75) is 61.7 Å². The Hall–Kier alpha value is -1.98. The molecule has 0 aliphatic heterocycles. The number of sulfonamides is 1. The van der Waals surface area contributed by atoms with Crippen molar-refractivity contribution < 1.29 is 39.6 Å². The van der Waals surface area contributed by atoms with Gasteiger partial charge in [0.25, 0.3) is 5.91 Å². The molecule has 1 aromatic rings. The number of hydrogen-bond acceptors (Lipinski definition) is 3. The van der Waals surface area contributed by atoms with Crippen LogP contribution in [0.2, 0.25) is 0 Å². The van der Waals surface area contributed by atoms with Crippen LogP contribution in [-0.2, 0) is 16.2 Å². The molecule has 5 rings (SSSR count). The van der Waals surface area contributed by atoms with E-state index >= 15 is 0 Å². The highest BCUT2D eigenvalue weighted by atomic mass is 32.2. The minimum absolute atomic E-state index is 0.297. The lowest BCUT2D eigenvalue weighted by Gasteiger charge is -2.70. The summed E-state index contributed by atoms with van der Waals surface area (Å²) < 4.78 is 104. The minimum Gasteiger partial charge on any atom is -0.346 e. The first-order valence-corrected chi connectivity index (χ1v) is 10.6. The molecule has 0 saturated heterocycles. The molecular formula is C18H18F6N2O3S. The van der Waals surface area contributed by atoms with Gasteiger partial charge >= 0.3 is 12.4 Å². The Kier molecular flexibility index (Phi) is 4.13. The third-order valence-electron chi connectivity index (χ3n) is 6.45. The Morgan fingerprint density at radius 3 is 2.07 bits per heavy atom. The monoisotopic (exact) mass is 456 g/mol. The first-order chi connectivity index (χ1) is 13.5. The van der Waals surface area contributed by atoms with Gasteiger partial charge in [-0.15, -0.1) is 0 Å². The van der Waals surface area contributed by atoms with Crippen LogP contribution in [0.3, 0.4) is 0 Å². The maximum Gasteiger partial charge on any atom is 0.416 e. The summed E-state index contributed by atoms with van der Waals surface area (Å²) in [4.78, 5) is 12.7. The highest BCUT2D eigenvalue weighted by Gasteiger charge is 2.79. The molecule has 4 saturated carbocycles. The summed E-state index contributed by atoms with van der Waals surface area (Å²) in [6.07, 6.45) is -9.39. The Morgan fingerprint density at radius 2 is 1.60 bits per heavy atom. The lowest BCUT2D eigenvalue weighted by molar-refractivity contribution is -0.336. The van der Waals surface area contributed by atoms with Gasteiger partial charge in [-0.05, 0) is 57.2 Å². The number of rotatable bonds is 5. The number of carbonyl (C=O) groups excluding carboxylic acids is 1. The first-order valence-electron chi connectivity index (χ1n) is 9.15. The Balaban J connectivity index is 1.59. The Bertz CT molecular complexity index is 1010. The summed E-state index contributed by atoms with van der Waals surface area (Å²) in [5.74, 6) is -0.919. The normalized spacial score (nSPS) is 29.4. The van der Waals surface area contributed by atoms with Crippen molar-refractivity contribution in [1.29, 1.82) is 0 Å². The van der Waals surface area contributed by atoms with Crippen molar-refractivity contribution in [3.8, 4) is 0 Å². The number of hydrogen-bond donors (Lipinski definition) is 2. The zero-order valence-corrected chi connectivity index (χ0v) is 16.5. The van der Waals surface area contributed by atoms with E-state index in [0.29, 0.717) is 25.0 Å². The molecule has 2 bridgehead atoms. The zero-order valence-electron chi connectivity index (χ0n) is 15.7. The van der Waals surface area contributed by atoms with Crippen LogP contribution >= 0.6 is 0 Å². The standard InChI is InChI=1S/C18H18F6N2O3S/c1-14(4-5-14)30(28,29)26-12-6-10(17(19,20)21)2-3-11(12)13(27)25-16-7-15(8-16,9-16)18(22,23)24/h2-3,6,26H,4-5,7-9H2,1H3,(H,25,27). The van der Waals surface area contributed by atoms with Gasteiger partial charge in [0.15, 0.2) is 0 Å². The van der Waals surface area contributed by atoms with E-state index in [-0.39, 0.29) is 24.8 Å². The quantitative estimate of drug-likeness (QED) is 0.652. The molecule has 30 heavy (non-hydrogen) atoms. The van der Waals surface area contributed by atoms with Crippen LogP contribution in [0.1, 0.15) is 54.9 Å². The number of benzene rings is 1. The van der Waals surface area contributed by atoms with Crippen LogP contribution in [0.4, 0.5) is 32.0 Å². The van der Waals surface area contributed by atoms with E-state index in [1.165, 1.54) is 6.92 Å². The molecule has 0 spiro atoms. The van der Waals surface area contributed by atoms with Gasteiger partial charge in [0.05, 0.1) is 27.0 Å². The highest BCUT2D eigenvalue weighted by molar-refractivity contribution is 7.94. The van der Waals surface area contributed by atoms with Crippen molar-refractivity contribution in [3.05, 3.63) is 29.3 Å². The van der Waals surface area contributed by atoms with Crippen molar-refractivity contribution in [1.82, 2.24) is 5.32 Å². The number of alkyl halides is 6. The second kappa shape index (κ2) is 5.83. The fourth-order valence-electron chi connectivity index (χ4n) is 4.25. The molecular weight excluding hydrogens is 438 g/mol. The second-order valence-electron chi connectivity index (χ2n) is 8.86. The van der Waals surface area contributed by atoms with Crippen LogP contribution in [0.15, 0.2) is 18.2 Å². The van der Waals surface area contributed by atoms with Crippen molar-refractivity contribution >= 4 is 21.6 Å². The van der Waals surface area contributed by atoms with Crippen LogP contribution in [0.25, 0.3) is 0 Å². The first kappa shape index (κ1) is 21.3. The smallest absolute Gasteiger partial charge is 0.346 e. The van der Waals surface area contributed by atoms with Crippen molar-refractivity contribution in [2.75, 3.05) is 4.72 Å². The molecule has 1 aromatic carbocycles. The van der Waals surface area contributed by atoms with Gasteiger partial charge < -0.3 is 5.32 Å². The average Bonchev–Trinajstić information content (AvgIpc) is 3.26. The maximum atomic E-state index is 13.1. The number of carbonyl (C=O) groups is 1. The number of nitrogens with one attached hydrogen (secondary N) is 2. The molecule has 4 aliphatic rings. The topological polar surface area (TPSA) is 75.3 Å². The zero-order chi connectivity index (χ0) is 22.4. The van der Waals surface area contributed by atoms with Crippen LogP contribution in [0.5, 0.6) is 0 Å². The maximum absolute atomic E-state index is 13.1. The number of amides is 1. The summed E-state index contributed by atoms with van der Waals surface area (Å²) in [6, 6.07) is 1.98.